The normalized spacial score (nSPS) is 19.7. The molecule has 0 bridgehead atoms. The van der Waals surface area contributed by atoms with Gasteiger partial charge in [-0.3, -0.25) is 9.69 Å². The van der Waals surface area contributed by atoms with Crippen molar-refractivity contribution in [1.29, 1.82) is 0 Å². The topological polar surface area (TPSA) is 32.3 Å². The van der Waals surface area contributed by atoms with Crippen LogP contribution < -0.4 is 5.32 Å². The van der Waals surface area contributed by atoms with Gasteiger partial charge in [-0.1, -0.05) is 22.0 Å². The summed E-state index contributed by atoms with van der Waals surface area (Å²) < 4.78 is 14.5. The SMILES string of the molecule is CC1(C)C(=O)NCCN1Cc1ccc(Br)cc1F. The predicted molar refractivity (Wildman–Crippen MR) is 71.6 cm³/mol. The van der Waals surface area contributed by atoms with Crippen LogP contribution in [0.4, 0.5) is 4.39 Å². The molecule has 98 valence electrons. The Bertz CT molecular complexity index is 476. The minimum atomic E-state index is -0.599. The Labute approximate surface area is 114 Å². The molecule has 1 heterocycles. The first kappa shape index (κ1) is 13.5. The van der Waals surface area contributed by atoms with E-state index in [1.54, 1.807) is 6.07 Å². The van der Waals surface area contributed by atoms with E-state index in [9.17, 15) is 9.18 Å². The van der Waals surface area contributed by atoms with Gasteiger partial charge in [-0.2, -0.15) is 0 Å². The summed E-state index contributed by atoms with van der Waals surface area (Å²) >= 11 is 3.24. The van der Waals surface area contributed by atoms with Crippen LogP contribution in [-0.2, 0) is 11.3 Å². The molecule has 1 aromatic rings. The van der Waals surface area contributed by atoms with Crippen LogP contribution in [0.3, 0.4) is 0 Å². The highest BCUT2D eigenvalue weighted by atomic mass is 79.9. The van der Waals surface area contributed by atoms with Crippen LogP contribution in [0.25, 0.3) is 0 Å². The Kier molecular flexibility index (Phi) is 3.73. The molecule has 1 aromatic carbocycles. The highest BCUT2D eigenvalue weighted by Crippen LogP contribution is 2.23. The fourth-order valence-corrected chi connectivity index (χ4v) is 2.41. The molecule has 0 aliphatic carbocycles. The Hall–Kier alpha value is -0.940. The third-order valence-corrected chi connectivity index (χ3v) is 3.88. The summed E-state index contributed by atoms with van der Waals surface area (Å²) in [6, 6.07) is 5.02. The van der Waals surface area contributed by atoms with Crippen LogP contribution in [0.5, 0.6) is 0 Å². The van der Waals surface area contributed by atoms with Gasteiger partial charge in [0.2, 0.25) is 5.91 Å². The van der Waals surface area contributed by atoms with E-state index in [0.717, 1.165) is 11.0 Å². The van der Waals surface area contributed by atoms with Gasteiger partial charge in [0.15, 0.2) is 0 Å². The summed E-state index contributed by atoms with van der Waals surface area (Å²) in [6.45, 7) is 5.50. The number of carbonyl (C=O) groups excluding carboxylic acids is 1. The van der Waals surface area contributed by atoms with Crippen LogP contribution in [-0.4, -0.2) is 29.4 Å². The van der Waals surface area contributed by atoms with Crippen molar-refractivity contribution in [3.8, 4) is 0 Å². The Morgan fingerprint density at radius 2 is 2.22 bits per heavy atom. The Morgan fingerprint density at radius 1 is 1.50 bits per heavy atom. The molecule has 2 rings (SSSR count). The highest BCUT2D eigenvalue weighted by Gasteiger charge is 2.37. The summed E-state index contributed by atoms with van der Waals surface area (Å²) in [7, 11) is 0. The largest absolute Gasteiger partial charge is 0.353 e. The zero-order chi connectivity index (χ0) is 13.3. The average Bonchev–Trinajstić information content (AvgIpc) is 2.28. The van der Waals surface area contributed by atoms with Gasteiger partial charge in [-0.15, -0.1) is 0 Å². The summed E-state index contributed by atoms with van der Waals surface area (Å²) in [4.78, 5) is 13.8. The first-order chi connectivity index (χ1) is 8.41. The van der Waals surface area contributed by atoms with Gasteiger partial charge in [0.25, 0.3) is 0 Å². The molecule has 0 saturated carbocycles. The van der Waals surface area contributed by atoms with Gasteiger partial charge in [0, 0.05) is 29.7 Å². The number of nitrogens with one attached hydrogen (secondary N) is 1. The van der Waals surface area contributed by atoms with Crippen molar-refractivity contribution in [3.05, 3.63) is 34.1 Å². The first-order valence-corrected chi connectivity index (χ1v) is 6.68. The van der Waals surface area contributed by atoms with Crippen molar-refractivity contribution in [2.75, 3.05) is 13.1 Å². The molecule has 1 amide bonds. The van der Waals surface area contributed by atoms with E-state index in [-0.39, 0.29) is 11.7 Å². The maximum absolute atomic E-state index is 13.8. The number of rotatable bonds is 2. The van der Waals surface area contributed by atoms with Crippen molar-refractivity contribution < 1.29 is 9.18 Å². The van der Waals surface area contributed by atoms with Gasteiger partial charge < -0.3 is 5.32 Å². The summed E-state index contributed by atoms with van der Waals surface area (Å²) in [6.07, 6.45) is 0. The molecule has 1 aliphatic heterocycles. The molecule has 0 unspecified atom stereocenters. The van der Waals surface area contributed by atoms with Crippen molar-refractivity contribution in [3.63, 3.8) is 0 Å². The van der Waals surface area contributed by atoms with Crippen molar-refractivity contribution in [2.45, 2.75) is 25.9 Å². The van der Waals surface area contributed by atoms with E-state index >= 15 is 0 Å². The molecule has 1 fully saturated rings. The van der Waals surface area contributed by atoms with Gasteiger partial charge in [-0.25, -0.2) is 4.39 Å². The molecule has 0 aromatic heterocycles. The Balaban J connectivity index is 2.20. The quantitative estimate of drug-likeness (QED) is 0.908. The van der Waals surface area contributed by atoms with Crippen molar-refractivity contribution in [1.82, 2.24) is 10.2 Å². The van der Waals surface area contributed by atoms with Crippen LogP contribution in [0.1, 0.15) is 19.4 Å². The van der Waals surface area contributed by atoms with E-state index in [0.29, 0.717) is 18.7 Å². The number of nitrogens with zero attached hydrogens (tertiary/aromatic N) is 1. The molecular formula is C13H16BrFN2O. The van der Waals surface area contributed by atoms with E-state index < -0.39 is 5.54 Å². The highest BCUT2D eigenvalue weighted by molar-refractivity contribution is 9.10. The number of hydrogen-bond donors (Lipinski definition) is 1. The number of piperazine rings is 1. The number of benzene rings is 1. The van der Waals surface area contributed by atoms with Crippen LogP contribution >= 0.6 is 15.9 Å². The van der Waals surface area contributed by atoms with Crippen LogP contribution in [0.2, 0.25) is 0 Å². The lowest BCUT2D eigenvalue weighted by molar-refractivity contribution is -0.135. The molecule has 0 atom stereocenters. The maximum Gasteiger partial charge on any atom is 0.240 e. The molecular weight excluding hydrogens is 299 g/mol. The monoisotopic (exact) mass is 314 g/mol. The zero-order valence-electron chi connectivity index (χ0n) is 10.5. The molecule has 1 saturated heterocycles. The third kappa shape index (κ3) is 2.57. The molecule has 5 heteroatoms. The molecule has 1 aliphatic rings. The maximum atomic E-state index is 13.8. The molecule has 18 heavy (non-hydrogen) atoms. The minimum Gasteiger partial charge on any atom is -0.353 e. The summed E-state index contributed by atoms with van der Waals surface area (Å²) in [5.74, 6) is -0.252. The average molecular weight is 315 g/mol. The van der Waals surface area contributed by atoms with E-state index in [4.69, 9.17) is 0 Å². The molecule has 1 N–H and O–H groups in total. The fourth-order valence-electron chi connectivity index (χ4n) is 2.08. The molecule has 3 nitrogen and oxygen atoms in total. The predicted octanol–water partition coefficient (Wildman–Crippen LogP) is 2.30. The molecule has 0 radical (unpaired) electrons. The van der Waals surface area contributed by atoms with E-state index in [2.05, 4.69) is 21.2 Å². The van der Waals surface area contributed by atoms with E-state index in [1.807, 2.05) is 24.8 Å². The third-order valence-electron chi connectivity index (χ3n) is 3.39. The number of halogens is 2. The standard InChI is InChI=1S/C13H16BrFN2O/c1-13(2)12(18)16-5-6-17(13)8-9-3-4-10(14)7-11(9)15/h3-4,7H,5-6,8H2,1-2H3,(H,16,18). The fraction of sp³-hybridized carbons (Fsp3) is 0.462. The second-order valence-electron chi connectivity index (χ2n) is 4.97. The lowest BCUT2D eigenvalue weighted by atomic mass is 9.98. The number of amides is 1. The number of hydrogen-bond acceptors (Lipinski definition) is 2. The smallest absolute Gasteiger partial charge is 0.240 e. The molecule has 0 spiro atoms. The van der Waals surface area contributed by atoms with E-state index in [1.165, 1.54) is 6.07 Å². The van der Waals surface area contributed by atoms with Gasteiger partial charge >= 0.3 is 0 Å². The van der Waals surface area contributed by atoms with Crippen molar-refractivity contribution >= 4 is 21.8 Å². The lowest BCUT2D eigenvalue weighted by Gasteiger charge is -2.41. The minimum absolute atomic E-state index is 0.00808. The van der Waals surface area contributed by atoms with Gasteiger partial charge in [0.05, 0.1) is 5.54 Å². The van der Waals surface area contributed by atoms with Crippen molar-refractivity contribution in [2.24, 2.45) is 0 Å². The lowest BCUT2D eigenvalue weighted by Crippen LogP contribution is -2.61. The second kappa shape index (κ2) is 4.97. The zero-order valence-corrected chi connectivity index (χ0v) is 12.1. The first-order valence-electron chi connectivity index (χ1n) is 5.88. The van der Waals surface area contributed by atoms with Gasteiger partial charge in [0.1, 0.15) is 5.82 Å². The summed E-state index contributed by atoms with van der Waals surface area (Å²) in [5, 5.41) is 2.83. The van der Waals surface area contributed by atoms with Crippen LogP contribution in [0, 0.1) is 5.82 Å². The Morgan fingerprint density at radius 3 is 2.89 bits per heavy atom. The second-order valence-corrected chi connectivity index (χ2v) is 5.89. The summed E-state index contributed by atoms with van der Waals surface area (Å²) in [5.41, 5.74) is 0.0126. The number of carbonyl (C=O) groups is 1. The van der Waals surface area contributed by atoms with Crippen LogP contribution in [0.15, 0.2) is 22.7 Å². The van der Waals surface area contributed by atoms with Gasteiger partial charge in [-0.05, 0) is 26.0 Å².